The number of aromatic amines is 1. The van der Waals surface area contributed by atoms with E-state index in [1.165, 1.54) is 0 Å². The zero-order chi connectivity index (χ0) is 22.8. The molecule has 0 bridgehead atoms. The largest absolute Gasteiger partial charge is 0.308 e. The van der Waals surface area contributed by atoms with Gasteiger partial charge < -0.3 is 4.57 Å². The molecular formula is C24H23N9. The molecule has 0 spiro atoms. The molecule has 0 aliphatic rings. The second kappa shape index (κ2) is 8.67. The summed E-state index contributed by atoms with van der Waals surface area (Å²) in [6.45, 7) is 4.95. The van der Waals surface area contributed by atoms with Crippen molar-refractivity contribution in [1.82, 2.24) is 39.7 Å². The van der Waals surface area contributed by atoms with Gasteiger partial charge in [0.05, 0.1) is 12.2 Å². The normalized spacial score (nSPS) is 11.2. The Bertz CT molecular complexity index is 1430. The number of nitriles is 1. The number of imidazole rings is 1. The molecule has 0 aliphatic carbocycles. The fourth-order valence-corrected chi connectivity index (χ4v) is 4.06. The maximum Gasteiger partial charge on any atom is 0.196 e. The van der Waals surface area contributed by atoms with Gasteiger partial charge in [-0.1, -0.05) is 25.5 Å². The van der Waals surface area contributed by atoms with E-state index >= 15 is 0 Å². The number of pyridine rings is 1. The summed E-state index contributed by atoms with van der Waals surface area (Å²) in [5, 5.41) is 23.7. The Labute approximate surface area is 190 Å². The van der Waals surface area contributed by atoms with Crippen molar-refractivity contribution in [2.75, 3.05) is 0 Å². The molecular weight excluding hydrogens is 414 g/mol. The Morgan fingerprint density at radius 3 is 2.67 bits per heavy atom. The molecule has 0 unspecified atom stereocenters. The van der Waals surface area contributed by atoms with Gasteiger partial charge >= 0.3 is 0 Å². The molecule has 4 heterocycles. The van der Waals surface area contributed by atoms with Crippen LogP contribution in [0.5, 0.6) is 0 Å². The maximum atomic E-state index is 9.59. The summed E-state index contributed by atoms with van der Waals surface area (Å²) in [5.41, 5.74) is 6.26. The monoisotopic (exact) mass is 437 g/mol. The lowest BCUT2D eigenvalue weighted by Crippen LogP contribution is -2.07. The van der Waals surface area contributed by atoms with E-state index < -0.39 is 0 Å². The van der Waals surface area contributed by atoms with Crippen LogP contribution >= 0.6 is 0 Å². The topological polar surface area (TPSA) is 114 Å². The first kappa shape index (κ1) is 20.6. The summed E-state index contributed by atoms with van der Waals surface area (Å²) >= 11 is 0. The fraction of sp³-hybridized carbons (Fsp3) is 0.250. The molecule has 1 N–H and O–H groups in total. The average Bonchev–Trinajstić information content (AvgIpc) is 3.58. The molecule has 9 nitrogen and oxygen atoms in total. The summed E-state index contributed by atoms with van der Waals surface area (Å²) in [4.78, 5) is 9.53. The van der Waals surface area contributed by atoms with Crippen molar-refractivity contribution in [2.45, 2.75) is 39.7 Å². The molecule has 0 atom stereocenters. The van der Waals surface area contributed by atoms with Crippen molar-refractivity contribution in [1.29, 1.82) is 5.26 Å². The third-order valence-corrected chi connectivity index (χ3v) is 5.79. The van der Waals surface area contributed by atoms with Crippen molar-refractivity contribution in [3.05, 3.63) is 71.3 Å². The van der Waals surface area contributed by atoms with Crippen LogP contribution in [-0.4, -0.2) is 39.7 Å². The predicted molar refractivity (Wildman–Crippen MR) is 124 cm³/mol. The van der Waals surface area contributed by atoms with Crippen LogP contribution in [-0.2, 0) is 13.0 Å². The summed E-state index contributed by atoms with van der Waals surface area (Å²) in [6.07, 6.45) is 4.97. The number of hydrogen-bond donors (Lipinski definition) is 1. The lowest BCUT2D eigenvalue weighted by molar-refractivity contribution is 0.686. The molecule has 0 saturated heterocycles. The Morgan fingerprint density at radius 2 is 1.94 bits per heavy atom. The highest BCUT2D eigenvalue weighted by molar-refractivity contribution is 5.75. The summed E-state index contributed by atoms with van der Waals surface area (Å²) in [5.74, 6) is 1.57. The lowest BCUT2D eigenvalue weighted by atomic mass is 10.2. The van der Waals surface area contributed by atoms with Crippen molar-refractivity contribution in [3.63, 3.8) is 0 Å². The Morgan fingerprint density at radius 1 is 1.09 bits per heavy atom. The van der Waals surface area contributed by atoms with Crippen LogP contribution in [0, 0.1) is 18.3 Å². The van der Waals surface area contributed by atoms with E-state index in [2.05, 4.69) is 62.2 Å². The molecule has 5 rings (SSSR count). The first-order valence-electron chi connectivity index (χ1n) is 11.0. The number of aromatic nitrogens is 8. The zero-order valence-corrected chi connectivity index (χ0v) is 18.5. The van der Waals surface area contributed by atoms with Gasteiger partial charge in [0.2, 0.25) is 0 Å². The number of benzene rings is 1. The highest BCUT2D eigenvalue weighted by atomic mass is 15.5. The van der Waals surface area contributed by atoms with Crippen molar-refractivity contribution >= 4 is 11.2 Å². The predicted octanol–water partition coefficient (Wildman–Crippen LogP) is 3.97. The molecule has 4 aromatic heterocycles. The van der Waals surface area contributed by atoms with E-state index in [4.69, 9.17) is 4.98 Å². The fourth-order valence-electron chi connectivity index (χ4n) is 4.06. The van der Waals surface area contributed by atoms with Crippen LogP contribution in [0.25, 0.3) is 28.4 Å². The van der Waals surface area contributed by atoms with Gasteiger partial charge in [0.25, 0.3) is 0 Å². The average molecular weight is 438 g/mol. The second-order valence-corrected chi connectivity index (χ2v) is 7.99. The molecule has 33 heavy (non-hydrogen) atoms. The van der Waals surface area contributed by atoms with Crippen molar-refractivity contribution < 1.29 is 0 Å². The van der Waals surface area contributed by atoms with E-state index in [-0.39, 0.29) is 0 Å². The highest BCUT2D eigenvalue weighted by Gasteiger charge is 2.16. The van der Waals surface area contributed by atoms with Gasteiger partial charge in [0.15, 0.2) is 11.5 Å². The molecule has 0 saturated carbocycles. The first-order chi connectivity index (χ1) is 16.2. The number of unbranched alkanes of at least 4 members (excludes halogenated alkanes) is 1. The Balaban J connectivity index is 1.50. The van der Waals surface area contributed by atoms with Gasteiger partial charge in [-0.3, -0.25) is 4.57 Å². The van der Waals surface area contributed by atoms with Crippen LogP contribution in [0.3, 0.4) is 0 Å². The van der Waals surface area contributed by atoms with E-state index in [9.17, 15) is 5.26 Å². The number of hydrogen-bond acceptors (Lipinski definition) is 6. The lowest BCUT2D eigenvalue weighted by Gasteiger charge is -2.12. The van der Waals surface area contributed by atoms with Gasteiger partial charge in [-0.2, -0.15) is 5.26 Å². The minimum Gasteiger partial charge on any atom is -0.308 e. The smallest absolute Gasteiger partial charge is 0.196 e. The second-order valence-electron chi connectivity index (χ2n) is 7.99. The molecule has 164 valence electrons. The molecule has 9 heteroatoms. The number of nitrogens with one attached hydrogen (secondary N) is 1. The van der Waals surface area contributed by atoms with E-state index in [0.29, 0.717) is 18.1 Å². The van der Waals surface area contributed by atoms with Crippen molar-refractivity contribution in [3.8, 4) is 23.3 Å². The number of H-pyrrole nitrogens is 1. The molecule has 0 aliphatic heterocycles. The molecule has 5 aromatic rings. The zero-order valence-electron chi connectivity index (χ0n) is 18.5. The van der Waals surface area contributed by atoms with E-state index in [0.717, 1.165) is 58.8 Å². The van der Waals surface area contributed by atoms with E-state index in [1.54, 1.807) is 6.07 Å². The molecule has 0 amide bonds. The Hall–Kier alpha value is -4.32. The Kier molecular flexibility index (Phi) is 5.40. The quantitative estimate of drug-likeness (QED) is 0.412. The maximum absolute atomic E-state index is 9.59. The minimum atomic E-state index is 0.507. The van der Waals surface area contributed by atoms with Gasteiger partial charge in [0, 0.05) is 18.3 Å². The number of nitrogens with zero attached hydrogens (tertiary/aromatic N) is 8. The summed E-state index contributed by atoms with van der Waals surface area (Å²) in [6, 6.07) is 16.0. The number of aryl methyl sites for hydroxylation is 2. The van der Waals surface area contributed by atoms with Gasteiger partial charge in [0.1, 0.15) is 23.1 Å². The number of fused-ring (bicyclic) bond motifs is 1. The van der Waals surface area contributed by atoms with Crippen LogP contribution in [0.4, 0.5) is 0 Å². The van der Waals surface area contributed by atoms with Gasteiger partial charge in [-0.25, -0.2) is 15.1 Å². The first-order valence-corrected chi connectivity index (χ1v) is 11.0. The van der Waals surface area contributed by atoms with Crippen LogP contribution in [0.2, 0.25) is 0 Å². The summed E-state index contributed by atoms with van der Waals surface area (Å²) < 4.78 is 4.06. The van der Waals surface area contributed by atoms with Crippen molar-refractivity contribution in [2.24, 2.45) is 0 Å². The third-order valence-electron chi connectivity index (χ3n) is 5.79. The van der Waals surface area contributed by atoms with Crippen LogP contribution < -0.4 is 0 Å². The molecule has 0 fully saturated rings. The van der Waals surface area contributed by atoms with Crippen LogP contribution in [0.15, 0.2) is 48.7 Å². The molecule has 1 aromatic carbocycles. The number of rotatable bonds is 7. The molecule has 0 radical (unpaired) electrons. The minimum absolute atomic E-state index is 0.507. The number of tetrazole rings is 1. The third kappa shape index (κ3) is 3.76. The van der Waals surface area contributed by atoms with Gasteiger partial charge in [-0.05, 0) is 65.2 Å². The van der Waals surface area contributed by atoms with Gasteiger partial charge in [-0.15, -0.1) is 5.10 Å². The van der Waals surface area contributed by atoms with E-state index in [1.807, 2.05) is 35.0 Å². The SMILES string of the molecule is CCCCc1nc2c(C)ccnc2n1Cc1ccc(-n2c(C#N)ccc2-c2nnn[nH]2)cc1. The highest BCUT2D eigenvalue weighted by Crippen LogP contribution is 2.25. The summed E-state index contributed by atoms with van der Waals surface area (Å²) in [7, 11) is 0. The standard InChI is InChI=1S/C24H23N9/c1-3-4-5-21-27-22-16(2)12-13-26-24(22)32(21)15-17-6-8-18(9-7-17)33-19(14-25)10-11-20(33)23-28-30-31-29-23/h6-13H,3-5,15H2,1-2H3,(H,28,29,30,31). The van der Waals surface area contributed by atoms with Crippen LogP contribution in [0.1, 0.15) is 42.4 Å².